The van der Waals surface area contributed by atoms with Gasteiger partial charge in [-0.1, -0.05) is 12.1 Å². The van der Waals surface area contributed by atoms with Crippen LogP contribution in [0.4, 0.5) is 17.2 Å². The number of nitrogens with zero attached hydrogens (tertiary/aromatic N) is 2. The minimum absolute atomic E-state index is 0.620. The number of nitrogen functional groups attached to an aromatic ring is 1. The van der Waals surface area contributed by atoms with E-state index in [0.29, 0.717) is 11.5 Å². The van der Waals surface area contributed by atoms with Crippen LogP contribution in [0.3, 0.4) is 0 Å². The van der Waals surface area contributed by atoms with E-state index in [4.69, 9.17) is 5.73 Å². The number of pyridine rings is 1. The van der Waals surface area contributed by atoms with E-state index in [9.17, 15) is 0 Å². The van der Waals surface area contributed by atoms with Crippen LogP contribution in [0.25, 0.3) is 11.3 Å². The number of nitrogens with two attached hydrogens (primary N) is 1. The molecule has 4 N–H and O–H groups in total. The van der Waals surface area contributed by atoms with E-state index < -0.39 is 0 Å². The Kier molecular flexibility index (Phi) is 2.86. The minimum atomic E-state index is 0.620. The van der Waals surface area contributed by atoms with Gasteiger partial charge in [0.1, 0.15) is 0 Å². The van der Waals surface area contributed by atoms with Crippen molar-refractivity contribution in [1.29, 1.82) is 0 Å². The molecule has 5 nitrogen and oxygen atoms in total. The lowest BCUT2D eigenvalue weighted by molar-refractivity contribution is 1.31. The summed E-state index contributed by atoms with van der Waals surface area (Å²) in [5, 5.41) is 3.20. The summed E-state index contributed by atoms with van der Waals surface area (Å²) in [6.45, 7) is 0. The topological polar surface area (TPSA) is 79.6 Å². The van der Waals surface area contributed by atoms with Crippen LogP contribution < -0.4 is 11.1 Å². The normalized spacial score (nSPS) is 10.3. The van der Waals surface area contributed by atoms with Crippen LogP contribution in [-0.2, 0) is 0 Å². The molecule has 0 radical (unpaired) electrons. The largest absolute Gasteiger partial charge is 0.396 e. The third-order valence-corrected chi connectivity index (χ3v) is 2.77. The molecule has 0 unspecified atom stereocenters. The van der Waals surface area contributed by atoms with Gasteiger partial charge in [0.25, 0.3) is 0 Å². The Morgan fingerprint density at radius 3 is 2.89 bits per heavy atom. The lowest BCUT2D eigenvalue weighted by atomic mass is 10.1. The van der Waals surface area contributed by atoms with E-state index in [1.54, 1.807) is 18.7 Å². The molecule has 0 fully saturated rings. The molecular weight excluding hydrogens is 238 g/mol. The Bertz CT molecular complexity index is 676. The van der Waals surface area contributed by atoms with Gasteiger partial charge in [0.15, 0.2) is 5.82 Å². The molecule has 2 heterocycles. The Morgan fingerprint density at radius 2 is 2.11 bits per heavy atom. The van der Waals surface area contributed by atoms with E-state index >= 15 is 0 Å². The van der Waals surface area contributed by atoms with E-state index in [2.05, 4.69) is 20.3 Å². The number of aromatic nitrogens is 3. The molecular formula is C14H13N5. The van der Waals surface area contributed by atoms with Crippen molar-refractivity contribution in [2.24, 2.45) is 0 Å². The zero-order valence-corrected chi connectivity index (χ0v) is 10.2. The van der Waals surface area contributed by atoms with E-state index in [0.717, 1.165) is 16.9 Å². The third kappa shape index (κ3) is 2.40. The Labute approximate surface area is 110 Å². The Hall–Kier alpha value is -2.82. The molecule has 3 aromatic rings. The second kappa shape index (κ2) is 4.81. The van der Waals surface area contributed by atoms with Crippen molar-refractivity contribution < 1.29 is 0 Å². The van der Waals surface area contributed by atoms with Gasteiger partial charge < -0.3 is 16.0 Å². The van der Waals surface area contributed by atoms with Crippen molar-refractivity contribution >= 4 is 17.2 Å². The standard InChI is InChI=1S/C14H13N5/c15-12-5-2-6-17-14(12)19-11-4-1-3-10(7-11)13-8-16-9-18-13/h1-9H,15H2,(H,16,18)(H,17,19). The zero-order chi connectivity index (χ0) is 13.1. The summed E-state index contributed by atoms with van der Waals surface area (Å²) in [7, 11) is 0. The monoisotopic (exact) mass is 251 g/mol. The smallest absolute Gasteiger partial charge is 0.153 e. The maximum atomic E-state index is 5.86. The van der Waals surface area contributed by atoms with Crippen LogP contribution >= 0.6 is 0 Å². The van der Waals surface area contributed by atoms with Gasteiger partial charge in [-0.25, -0.2) is 9.97 Å². The average molecular weight is 251 g/mol. The highest BCUT2D eigenvalue weighted by molar-refractivity contribution is 5.72. The minimum Gasteiger partial charge on any atom is -0.396 e. The molecule has 2 aromatic heterocycles. The molecule has 0 saturated heterocycles. The molecule has 5 heteroatoms. The molecule has 0 aliphatic heterocycles. The third-order valence-electron chi connectivity index (χ3n) is 2.77. The van der Waals surface area contributed by atoms with Gasteiger partial charge in [-0.15, -0.1) is 0 Å². The van der Waals surface area contributed by atoms with Gasteiger partial charge in [-0.05, 0) is 24.3 Å². The molecule has 0 bridgehead atoms. The molecule has 94 valence electrons. The number of anilines is 3. The molecule has 3 rings (SSSR count). The highest BCUT2D eigenvalue weighted by Crippen LogP contribution is 2.24. The van der Waals surface area contributed by atoms with Crippen molar-refractivity contribution in [3.8, 4) is 11.3 Å². The number of aromatic amines is 1. The SMILES string of the molecule is Nc1cccnc1Nc1cccc(-c2cnc[nH]2)c1. The highest BCUT2D eigenvalue weighted by Gasteiger charge is 2.03. The molecule has 19 heavy (non-hydrogen) atoms. The van der Waals surface area contributed by atoms with Gasteiger partial charge in [-0.3, -0.25) is 0 Å². The van der Waals surface area contributed by atoms with Gasteiger partial charge in [0, 0.05) is 17.4 Å². The van der Waals surface area contributed by atoms with Gasteiger partial charge in [0.2, 0.25) is 0 Å². The summed E-state index contributed by atoms with van der Waals surface area (Å²) < 4.78 is 0. The number of hydrogen-bond donors (Lipinski definition) is 3. The van der Waals surface area contributed by atoms with Crippen molar-refractivity contribution in [2.45, 2.75) is 0 Å². The quantitative estimate of drug-likeness (QED) is 0.668. The summed E-state index contributed by atoms with van der Waals surface area (Å²) >= 11 is 0. The number of nitrogens with one attached hydrogen (secondary N) is 2. The summed E-state index contributed by atoms with van der Waals surface area (Å²) in [4.78, 5) is 11.3. The Balaban J connectivity index is 1.90. The number of imidazole rings is 1. The molecule has 0 saturated carbocycles. The predicted molar refractivity (Wildman–Crippen MR) is 76.0 cm³/mol. The van der Waals surface area contributed by atoms with Crippen LogP contribution in [0.5, 0.6) is 0 Å². The average Bonchev–Trinajstić information content (AvgIpc) is 2.96. The van der Waals surface area contributed by atoms with Crippen LogP contribution in [0, 0.1) is 0 Å². The number of hydrogen-bond acceptors (Lipinski definition) is 4. The van der Waals surface area contributed by atoms with Crippen molar-refractivity contribution in [1.82, 2.24) is 15.0 Å². The van der Waals surface area contributed by atoms with Crippen molar-refractivity contribution in [2.75, 3.05) is 11.1 Å². The molecule has 0 amide bonds. The van der Waals surface area contributed by atoms with Crippen LogP contribution in [0.2, 0.25) is 0 Å². The van der Waals surface area contributed by atoms with E-state index in [1.807, 2.05) is 36.4 Å². The summed E-state index contributed by atoms with van der Waals surface area (Å²) in [6, 6.07) is 11.6. The summed E-state index contributed by atoms with van der Waals surface area (Å²) in [5.41, 5.74) is 9.43. The van der Waals surface area contributed by atoms with Gasteiger partial charge in [0.05, 0.1) is 23.9 Å². The van der Waals surface area contributed by atoms with Crippen molar-refractivity contribution in [3.05, 3.63) is 55.1 Å². The van der Waals surface area contributed by atoms with Crippen LogP contribution in [0.15, 0.2) is 55.1 Å². The lowest BCUT2D eigenvalue weighted by Gasteiger charge is -2.08. The number of rotatable bonds is 3. The molecule has 0 atom stereocenters. The first-order chi connectivity index (χ1) is 9.33. The predicted octanol–water partition coefficient (Wildman–Crippen LogP) is 2.80. The highest BCUT2D eigenvalue weighted by atomic mass is 15.0. The number of H-pyrrole nitrogens is 1. The van der Waals surface area contributed by atoms with E-state index in [-0.39, 0.29) is 0 Å². The maximum absolute atomic E-state index is 5.86. The molecule has 0 aliphatic rings. The lowest BCUT2D eigenvalue weighted by Crippen LogP contribution is -1.98. The first-order valence-corrected chi connectivity index (χ1v) is 5.89. The fourth-order valence-corrected chi connectivity index (χ4v) is 1.84. The first kappa shape index (κ1) is 11.3. The summed E-state index contributed by atoms with van der Waals surface area (Å²) in [5.74, 6) is 0.657. The van der Waals surface area contributed by atoms with E-state index in [1.165, 1.54) is 0 Å². The van der Waals surface area contributed by atoms with Crippen LogP contribution in [0.1, 0.15) is 0 Å². The fraction of sp³-hybridized carbons (Fsp3) is 0. The molecule has 0 spiro atoms. The second-order valence-electron chi connectivity index (χ2n) is 4.11. The van der Waals surface area contributed by atoms with Crippen molar-refractivity contribution in [3.63, 3.8) is 0 Å². The van der Waals surface area contributed by atoms with Crippen LogP contribution in [-0.4, -0.2) is 15.0 Å². The zero-order valence-electron chi connectivity index (χ0n) is 10.2. The van der Waals surface area contributed by atoms with Gasteiger partial charge >= 0.3 is 0 Å². The Morgan fingerprint density at radius 1 is 1.16 bits per heavy atom. The second-order valence-corrected chi connectivity index (χ2v) is 4.11. The molecule has 1 aromatic carbocycles. The summed E-state index contributed by atoms with van der Waals surface area (Å²) in [6.07, 6.45) is 5.15. The maximum Gasteiger partial charge on any atom is 0.153 e. The number of benzene rings is 1. The first-order valence-electron chi connectivity index (χ1n) is 5.89. The molecule has 0 aliphatic carbocycles. The van der Waals surface area contributed by atoms with Gasteiger partial charge in [-0.2, -0.15) is 0 Å². The fourth-order valence-electron chi connectivity index (χ4n) is 1.84.